The molecule has 0 amide bonds. The summed E-state index contributed by atoms with van der Waals surface area (Å²) in [5.41, 5.74) is 2.56. The molecule has 0 N–H and O–H groups in total. The zero-order valence-electron chi connectivity index (χ0n) is 10.4. The Morgan fingerprint density at radius 2 is 1.78 bits per heavy atom. The second-order valence-corrected chi connectivity index (χ2v) is 4.32. The molecule has 2 rings (SSSR count). The van der Waals surface area contributed by atoms with Gasteiger partial charge in [-0.1, -0.05) is 42.5 Å². The molecular formula is C16H14O2. The summed E-state index contributed by atoms with van der Waals surface area (Å²) < 4.78 is 0. The van der Waals surface area contributed by atoms with E-state index in [1.807, 2.05) is 42.5 Å². The van der Waals surface area contributed by atoms with E-state index in [1.54, 1.807) is 13.8 Å². The minimum absolute atomic E-state index is 0.157. The van der Waals surface area contributed by atoms with E-state index in [9.17, 15) is 9.59 Å². The number of ketones is 2. The van der Waals surface area contributed by atoms with Crippen LogP contribution in [-0.4, -0.2) is 11.6 Å². The average molecular weight is 238 g/mol. The van der Waals surface area contributed by atoms with E-state index in [0.717, 1.165) is 5.56 Å². The number of hydrogen-bond acceptors (Lipinski definition) is 2. The zero-order valence-corrected chi connectivity index (χ0v) is 10.4. The van der Waals surface area contributed by atoms with Crippen LogP contribution < -0.4 is 0 Å². The van der Waals surface area contributed by atoms with Gasteiger partial charge in [-0.05, 0) is 31.1 Å². The third kappa shape index (κ3) is 2.38. The maximum Gasteiger partial charge on any atom is 0.193 e. The van der Waals surface area contributed by atoms with Crippen LogP contribution in [0.3, 0.4) is 0 Å². The van der Waals surface area contributed by atoms with Gasteiger partial charge in [0.05, 0.1) is 5.57 Å². The van der Waals surface area contributed by atoms with Gasteiger partial charge in [-0.2, -0.15) is 0 Å². The summed E-state index contributed by atoms with van der Waals surface area (Å²) in [6.07, 6.45) is 5.11. The highest BCUT2D eigenvalue weighted by Gasteiger charge is 2.26. The second kappa shape index (κ2) is 4.96. The average Bonchev–Trinajstić information content (AvgIpc) is 2.62. The van der Waals surface area contributed by atoms with Crippen molar-refractivity contribution in [3.63, 3.8) is 0 Å². The summed E-state index contributed by atoms with van der Waals surface area (Å²) in [6, 6.07) is 9.77. The molecule has 0 fully saturated rings. The molecule has 1 aliphatic carbocycles. The molecule has 2 nitrogen and oxygen atoms in total. The van der Waals surface area contributed by atoms with Crippen LogP contribution in [0.15, 0.2) is 59.2 Å². The van der Waals surface area contributed by atoms with Gasteiger partial charge in [-0.25, -0.2) is 0 Å². The van der Waals surface area contributed by atoms with Crippen molar-refractivity contribution in [2.75, 3.05) is 0 Å². The molecule has 1 aromatic carbocycles. The third-order valence-electron chi connectivity index (χ3n) is 2.90. The molecule has 2 heteroatoms. The van der Waals surface area contributed by atoms with Crippen LogP contribution in [0.2, 0.25) is 0 Å². The molecule has 0 saturated carbocycles. The lowest BCUT2D eigenvalue weighted by Crippen LogP contribution is -2.04. The fourth-order valence-electron chi connectivity index (χ4n) is 1.89. The number of allylic oxidation sites excluding steroid dienone is 5. The van der Waals surface area contributed by atoms with Gasteiger partial charge in [-0.15, -0.1) is 0 Å². The van der Waals surface area contributed by atoms with Crippen LogP contribution in [0.25, 0.3) is 6.08 Å². The van der Waals surface area contributed by atoms with Gasteiger partial charge in [0.25, 0.3) is 0 Å². The Kier molecular flexibility index (Phi) is 3.38. The van der Waals surface area contributed by atoms with E-state index in [2.05, 4.69) is 0 Å². The van der Waals surface area contributed by atoms with Crippen molar-refractivity contribution in [3.8, 4) is 0 Å². The van der Waals surface area contributed by atoms with Crippen LogP contribution in [-0.2, 0) is 9.59 Å². The Bertz CT molecular complexity index is 587. The van der Waals surface area contributed by atoms with Crippen LogP contribution >= 0.6 is 0 Å². The Balaban J connectivity index is 2.28. The van der Waals surface area contributed by atoms with Crippen molar-refractivity contribution in [3.05, 3.63) is 64.8 Å². The number of benzene rings is 1. The largest absolute Gasteiger partial charge is 0.289 e. The summed E-state index contributed by atoms with van der Waals surface area (Å²) in [5, 5.41) is 0. The molecule has 18 heavy (non-hydrogen) atoms. The highest BCUT2D eigenvalue weighted by molar-refractivity contribution is 6.36. The molecule has 0 saturated heterocycles. The number of Topliss-reactive ketones (excluding diaryl/α,β-unsaturated/α-hetero) is 1. The molecule has 0 spiro atoms. The first-order valence-corrected chi connectivity index (χ1v) is 5.81. The predicted molar refractivity (Wildman–Crippen MR) is 71.9 cm³/mol. The zero-order chi connectivity index (χ0) is 13.1. The SMILES string of the molecule is CC1=CC(=O)/C(=C(C)\C=C\c2ccccc2)C1=O. The minimum Gasteiger partial charge on any atom is -0.289 e. The maximum absolute atomic E-state index is 11.8. The van der Waals surface area contributed by atoms with Gasteiger partial charge in [0.1, 0.15) is 0 Å². The van der Waals surface area contributed by atoms with Crippen molar-refractivity contribution in [2.24, 2.45) is 0 Å². The maximum atomic E-state index is 11.8. The number of carbonyl (C=O) groups excluding carboxylic acids is 2. The molecule has 0 unspecified atom stereocenters. The van der Waals surface area contributed by atoms with Crippen molar-refractivity contribution in [2.45, 2.75) is 13.8 Å². The van der Waals surface area contributed by atoms with E-state index in [0.29, 0.717) is 16.7 Å². The first kappa shape index (κ1) is 12.2. The second-order valence-electron chi connectivity index (χ2n) is 4.32. The van der Waals surface area contributed by atoms with E-state index >= 15 is 0 Å². The van der Waals surface area contributed by atoms with E-state index in [1.165, 1.54) is 6.08 Å². The molecule has 0 aliphatic heterocycles. The fraction of sp³-hybridized carbons (Fsp3) is 0.125. The molecular weight excluding hydrogens is 224 g/mol. The Hall–Kier alpha value is -2.22. The van der Waals surface area contributed by atoms with Crippen LogP contribution in [0.4, 0.5) is 0 Å². The first-order valence-electron chi connectivity index (χ1n) is 5.81. The summed E-state index contributed by atoms with van der Waals surface area (Å²) in [4.78, 5) is 23.4. The van der Waals surface area contributed by atoms with Crippen molar-refractivity contribution < 1.29 is 9.59 Å². The molecule has 0 heterocycles. The van der Waals surface area contributed by atoms with Crippen LogP contribution in [0.1, 0.15) is 19.4 Å². The fourth-order valence-corrected chi connectivity index (χ4v) is 1.89. The molecule has 0 bridgehead atoms. The topological polar surface area (TPSA) is 34.1 Å². The first-order chi connectivity index (χ1) is 8.59. The predicted octanol–water partition coefficient (Wildman–Crippen LogP) is 3.11. The van der Waals surface area contributed by atoms with E-state index in [-0.39, 0.29) is 11.6 Å². The molecule has 90 valence electrons. The number of carbonyl (C=O) groups is 2. The monoisotopic (exact) mass is 238 g/mol. The Labute approximate surface area is 106 Å². The molecule has 0 atom stereocenters. The number of rotatable bonds is 2. The highest BCUT2D eigenvalue weighted by atomic mass is 16.2. The normalized spacial score (nSPS) is 18.4. The summed E-state index contributed by atoms with van der Waals surface area (Å²) >= 11 is 0. The lowest BCUT2D eigenvalue weighted by molar-refractivity contribution is -0.115. The van der Waals surface area contributed by atoms with E-state index in [4.69, 9.17) is 0 Å². The van der Waals surface area contributed by atoms with Gasteiger partial charge >= 0.3 is 0 Å². The molecule has 0 aromatic heterocycles. The Morgan fingerprint density at radius 3 is 2.33 bits per heavy atom. The summed E-state index contributed by atoms with van der Waals surface area (Å²) in [7, 11) is 0. The van der Waals surface area contributed by atoms with Crippen LogP contribution in [0, 0.1) is 0 Å². The smallest absolute Gasteiger partial charge is 0.193 e. The summed E-state index contributed by atoms with van der Waals surface area (Å²) in [6.45, 7) is 3.46. The van der Waals surface area contributed by atoms with Crippen molar-refractivity contribution in [1.29, 1.82) is 0 Å². The number of hydrogen-bond donors (Lipinski definition) is 0. The standard InChI is InChI=1S/C16H14O2/c1-11(8-9-13-6-4-3-5-7-13)15-14(17)10-12(2)16(15)18/h3-10H,1-2H3/b9-8+,15-11+. The minimum atomic E-state index is -0.187. The van der Waals surface area contributed by atoms with Gasteiger partial charge in [0.2, 0.25) is 0 Å². The highest BCUT2D eigenvalue weighted by Crippen LogP contribution is 2.21. The van der Waals surface area contributed by atoms with Gasteiger partial charge in [0.15, 0.2) is 11.6 Å². The quantitative estimate of drug-likeness (QED) is 0.586. The Morgan fingerprint density at radius 1 is 1.11 bits per heavy atom. The van der Waals surface area contributed by atoms with Gasteiger partial charge in [0, 0.05) is 5.57 Å². The molecule has 0 radical (unpaired) electrons. The van der Waals surface area contributed by atoms with Crippen LogP contribution in [0.5, 0.6) is 0 Å². The third-order valence-corrected chi connectivity index (χ3v) is 2.90. The van der Waals surface area contributed by atoms with E-state index < -0.39 is 0 Å². The lowest BCUT2D eigenvalue weighted by atomic mass is 10.0. The van der Waals surface area contributed by atoms with Crippen molar-refractivity contribution >= 4 is 17.6 Å². The van der Waals surface area contributed by atoms with Gasteiger partial charge < -0.3 is 0 Å². The molecule has 1 aromatic rings. The van der Waals surface area contributed by atoms with Gasteiger partial charge in [-0.3, -0.25) is 9.59 Å². The molecule has 1 aliphatic rings. The van der Waals surface area contributed by atoms with Crippen molar-refractivity contribution in [1.82, 2.24) is 0 Å². The summed E-state index contributed by atoms with van der Waals surface area (Å²) in [5.74, 6) is -0.345. The lowest BCUT2D eigenvalue weighted by Gasteiger charge is -1.99.